The van der Waals surface area contributed by atoms with Crippen molar-refractivity contribution in [1.82, 2.24) is 15.0 Å². The first-order valence-electron chi connectivity index (χ1n) is 7.16. The van der Waals surface area contributed by atoms with Crippen LogP contribution in [0, 0.1) is 3.57 Å². The van der Waals surface area contributed by atoms with Gasteiger partial charge in [-0.25, -0.2) is 4.68 Å². The maximum absolute atomic E-state index is 12.1. The van der Waals surface area contributed by atoms with Crippen molar-refractivity contribution in [2.24, 2.45) is 0 Å². The van der Waals surface area contributed by atoms with Crippen molar-refractivity contribution in [3.63, 3.8) is 0 Å². The Morgan fingerprint density at radius 3 is 2.88 bits per heavy atom. The lowest BCUT2D eigenvalue weighted by atomic mass is 10.1. The lowest BCUT2D eigenvalue weighted by Gasteiger charge is -2.06. The molecule has 0 aliphatic carbocycles. The molecule has 0 bridgehead atoms. The van der Waals surface area contributed by atoms with Gasteiger partial charge in [-0.15, -0.1) is 16.4 Å². The molecule has 124 valence electrons. The van der Waals surface area contributed by atoms with Crippen LogP contribution in [0.5, 0.6) is 0 Å². The Balaban J connectivity index is 1.71. The Morgan fingerprint density at radius 2 is 2.17 bits per heavy atom. The Labute approximate surface area is 161 Å². The van der Waals surface area contributed by atoms with Gasteiger partial charge in [-0.05, 0) is 52.9 Å². The number of halogens is 2. The molecule has 3 aromatic rings. The van der Waals surface area contributed by atoms with E-state index in [4.69, 9.17) is 11.6 Å². The summed E-state index contributed by atoms with van der Waals surface area (Å²) in [6.07, 6.45) is 2.65. The zero-order valence-electron chi connectivity index (χ0n) is 12.4. The number of carbonyl (C=O) groups is 1. The molecule has 0 saturated carbocycles. The van der Waals surface area contributed by atoms with Crippen LogP contribution in [0.4, 0.5) is 0 Å². The normalized spacial score (nSPS) is 11.0. The monoisotopic (exact) mass is 473 g/mol. The number of nitrogens with zero attached hydrogens (tertiary/aromatic N) is 3. The molecule has 0 aliphatic heterocycles. The first-order chi connectivity index (χ1) is 11.6. The predicted molar refractivity (Wildman–Crippen MR) is 102 cm³/mol. The van der Waals surface area contributed by atoms with Gasteiger partial charge in [-0.3, -0.25) is 4.79 Å². The summed E-state index contributed by atoms with van der Waals surface area (Å²) in [5.41, 5.74) is 2.30. The molecule has 0 radical (unpaired) electrons. The lowest BCUT2D eigenvalue weighted by molar-refractivity contribution is 0.0986. The number of aliphatic hydroxyl groups excluding tert-OH is 1. The molecule has 1 aromatic carbocycles. The fourth-order valence-corrected chi connectivity index (χ4v) is 3.83. The fourth-order valence-electron chi connectivity index (χ4n) is 2.26. The number of aryl methyl sites for hydroxylation is 1. The van der Waals surface area contributed by atoms with Crippen LogP contribution >= 0.6 is 45.5 Å². The Morgan fingerprint density at radius 1 is 1.33 bits per heavy atom. The van der Waals surface area contributed by atoms with Crippen molar-refractivity contribution < 1.29 is 9.90 Å². The van der Waals surface area contributed by atoms with E-state index in [9.17, 15) is 9.90 Å². The molecule has 0 aliphatic rings. The van der Waals surface area contributed by atoms with Crippen LogP contribution in [0.1, 0.15) is 27.3 Å². The number of thiophene rings is 1. The molecule has 2 heterocycles. The summed E-state index contributed by atoms with van der Waals surface area (Å²) in [6.45, 7) is -0.0704. The number of carbonyl (C=O) groups excluding carboxylic acids is 1. The Bertz CT molecular complexity index is 878. The van der Waals surface area contributed by atoms with Crippen molar-refractivity contribution in [3.05, 3.63) is 60.6 Å². The summed E-state index contributed by atoms with van der Waals surface area (Å²) in [4.78, 5) is 12.8. The van der Waals surface area contributed by atoms with Gasteiger partial charge in [0.05, 0.1) is 33.4 Å². The van der Waals surface area contributed by atoms with Crippen LogP contribution in [0.25, 0.3) is 5.69 Å². The minimum absolute atomic E-state index is 0.0479. The van der Waals surface area contributed by atoms with Crippen LogP contribution in [0.3, 0.4) is 0 Å². The summed E-state index contributed by atoms with van der Waals surface area (Å²) in [5.74, 6) is 0.0479. The van der Waals surface area contributed by atoms with Crippen LogP contribution in [0.15, 0.2) is 36.5 Å². The molecule has 2 aromatic heterocycles. The second-order valence-corrected chi connectivity index (χ2v) is 8.07. The largest absolute Gasteiger partial charge is 0.392 e. The highest BCUT2D eigenvalue weighted by Gasteiger charge is 2.12. The molecular formula is C16H13ClIN3O2S. The molecule has 8 heteroatoms. The van der Waals surface area contributed by atoms with Crippen LogP contribution < -0.4 is 0 Å². The van der Waals surface area contributed by atoms with Gasteiger partial charge in [0, 0.05) is 22.0 Å². The summed E-state index contributed by atoms with van der Waals surface area (Å²) < 4.78 is 3.28. The second kappa shape index (κ2) is 7.73. The molecule has 0 fully saturated rings. The average molecular weight is 474 g/mol. The quantitative estimate of drug-likeness (QED) is 0.436. The third kappa shape index (κ3) is 4.02. The minimum Gasteiger partial charge on any atom is -0.392 e. The molecule has 3 rings (SSSR count). The Hall–Kier alpha value is -1.29. The second-order valence-electron chi connectivity index (χ2n) is 5.11. The van der Waals surface area contributed by atoms with E-state index in [0.717, 1.165) is 20.5 Å². The number of aromatic nitrogens is 3. The molecular weight excluding hydrogens is 461 g/mol. The summed E-state index contributed by atoms with van der Waals surface area (Å²) >= 11 is 9.33. The zero-order chi connectivity index (χ0) is 17.1. The van der Waals surface area contributed by atoms with Gasteiger partial charge in [0.15, 0.2) is 5.78 Å². The SMILES string of the molecule is O=C(CCc1cn(-c2ccc(I)cc2CO)nn1)c1ccc(Cl)s1. The molecule has 0 saturated heterocycles. The van der Waals surface area contributed by atoms with Crippen molar-refractivity contribution >= 4 is 51.3 Å². The summed E-state index contributed by atoms with van der Waals surface area (Å²) in [7, 11) is 0. The third-order valence-corrected chi connectivity index (χ3v) is 5.40. The van der Waals surface area contributed by atoms with Gasteiger partial charge in [0.2, 0.25) is 0 Å². The third-order valence-electron chi connectivity index (χ3n) is 3.46. The number of hydrogen-bond donors (Lipinski definition) is 1. The number of rotatable bonds is 6. The van der Waals surface area contributed by atoms with Gasteiger partial charge in [0.1, 0.15) is 0 Å². The highest BCUT2D eigenvalue weighted by atomic mass is 127. The van der Waals surface area contributed by atoms with Crippen molar-refractivity contribution in [3.8, 4) is 5.69 Å². The first kappa shape index (κ1) is 17.5. The number of hydrogen-bond acceptors (Lipinski definition) is 5. The van der Waals surface area contributed by atoms with Gasteiger partial charge in [-0.1, -0.05) is 16.8 Å². The highest BCUT2D eigenvalue weighted by molar-refractivity contribution is 14.1. The lowest BCUT2D eigenvalue weighted by Crippen LogP contribution is -2.01. The molecule has 0 atom stereocenters. The van der Waals surface area contributed by atoms with Gasteiger partial charge in [-0.2, -0.15) is 0 Å². The molecule has 24 heavy (non-hydrogen) atoms. The predicted octanol–water partition coefficient (Wildman–Crippen LogP) is 3.89. The average Bonchev–Trinajstić information content (AvgIpc) is 3.21. The summed E-state index contributed by atoms with van der Waals surface area (Å²) in [5, 5.41) is 17.7. The van der Waals surface area contributed by atoms with Gasteiger partial charge in [0.25, 0.3) is 0 Å². The molecule has 0 amide bonds. The fraction of sp³-hybridized carbons (Fsp3) is 0.188. The number of aliphatic hydroxyl groups is 1. The standard InChI is InChI=1S/C16H13ClIN3O2S/c17-16-6-5-15(24-16)14(23)4-2-12-8-21(20-19-12)13-3-1-11(18)7-10(13)9-22/h1,3,5-8,22H,2,4,9H2. The maximum atomic E-state index is 12.1. The zero-order valence-corrected chi connectivity index (χ0v) is 16.2. The molecule has 1 N–H and O–H groups in total. The minimum atomic E-state index is -0.0704. The van der Waals surface area contributed by atoms with Gasteiger partial charge < -0.3 is 5.11 Å². The number of benzene rings is 1. The highest BCUT2D eigenvalue weighted by Crippen LogP contribution is 2.23. The van der Waals surface area contributed by atoms with Crippen molar-refractivity contribution in [2.45, 2.75) is 19.4 Å². The van der Waals surface area contributed by atoms with Crippen molar-refractivity contribution in [1.29, 1.82) is 0 Å². The van der Waals surface area contributed by atoms with E-state index in [1.165, 1.54) is 11.3 Å². The number of ketones is 1. The Kier molecular flexibility index (Phi) is 5.65. The van der Waals surface area contributed by atoms with E-state index >= 15 is 0 Å². The first-order valence-corrected chi connectivity index (χ1v) is 9.43. The van der Waals surface area contributed by atoms with Crippen LogP contribution in [0.2, 0.25) is 4.34 Å². The van der Waals surface area contributed by atoms with Crippen LogP contribution in [-0.2, 0) is 13.0 Å². The molecule has 0 unspecified atom stereocenters. The van der Waals surface area contributed by atoms with Gasteiger partial charge >= 0.3 is 0 Å². The van der Waals surface area contributed by atoms with E-state index in [0.29, 0.717) is 22.1 Å². The maximum Gasteiger partial charge on any atom is 0.173 e. The van der Waals surface area contributed by atoms with Crippen molar-refractivity contribution in [2.75, 3.05) is 0 Å². The topological polar surface area (TPSA) is 68.0 Å². The molecule has 0 spiro atoms. The van der Waals surface area contributed by atoms with E-state index < -0.39 is 0 Å². The van der Waals surface area contributed by atoms with E-state index in [2.05, 4.69) is 32.9 Å². The van der Waals surface area contributed by atoms with Crippen LogP contribution in [-0.4, -0.2) is 25.9 Å². The number of Topliss-reactive ketones (excluding diaryl/α,β-unsaturated/α-hetero) is 1. The van der Waals surface area contributed by atoms with E-state index in [1.54, 1.807) is 23.0 Å². The van der Waals surface area contributed by atoms with E-state index in [-0.39, 0.29) is 12.4 Å². The smallest absolute Gasteiger partial charge is 0.173 e. The summed E-state index contributed by atoms with van der Waals surface area (Å²) in [6, 6.07) is 9.21. The molecule has 5 nitrogen and oxygen atoms in total. The van der Waals surface area contributed by atoms with E-state index in [1.807, 2.05) is 18.2 Å².